The number of thiazole rings is 1. The van der Waals surface area contributed by atoms with Crippen LogP contribution in [-0.2, 0) is 12.0 Å². The summed E-state index contributed by atoms with van der Waals surface area (Å²) in [7, 11) is 0. The van der Waals surface area contributed by atoms with Crippen molar-refractivity contribution in [3.8, 4) is 0 Å². The third-order valence-electron chi connectivity index (χ3n) is 2.70. The second kappa shape index (κ2) is 5.16. The fourth-order valence-electron chi connectivity index (χ4n) is 1.65. The fraction of sp³-hybridized carbons (Fsp3) is 0.385. The molecule has 20 heavy (non-hydrogen) atoms. The average molecular weight is 293 g/mol. The van der Waals surface area contributed by atoms with E-state index in [9.17, 15) is 14.9 Å². The number of hydrogen-bond acceptors (Lipinski definition) is 5. The van der Waals surface area contributed by atoms with Crippen LogP contribution in [0.4, 0.5) is 5.69 Å². The quantitative estimate of drug-likeness (QED) is 0.643. The Kier molecular flexibility index (Phi) is 3.71. The molecule has 0 aliphatic heterocycles. The number of aromatic nitrogens is 2. The average Bonchev–Trinajstić information content (AvgIpc) is 2.80. The molecular weight excluding hydrogens is 278 g/mol. The van der Waals surface area contributed by atoms with Crippen LogP contribution in [0.25, 0.3) is 0 Å². The summed E-state index contributed by atoms with van der Waals surface area (Å²) in [5, 5.41) is 13.6. The molecule has 2 aromatic rings. The van der Waals surface area contributed by atoms with Gasteiger partial charge in [-0.05, 0) is 0 Å². The molecule has 0 aromatic carbocycles. The number of hydrogen-bond donors (Lipinski definition) is 0. The van der Waals surface area contributed by atoms with Crippen molar-refractivity contribution in [2.24, 2.45) is 0 Å². The van der Waals surface area contributed by atoms with Crippen molar-refractivity contribution in [2.75, 3.05) is 0 Å². The van der Waals surface area contributed by atoms with E-state index in [1.54, 1.807) is 0 Å². The summed E-state index contributed by atoms with van der Waals surface area (Å²) in [6.45, 7) is 6.44. The molecule has 7 heteroatoms. The lowest BCUT2D eigenvalue weighted by Gasteiger charge is -2.13. The van der Waals surface area contributed by atoms with Gasteiger partial charge in [0.2, 0.25) is 0 Å². The van der Waals surface area contributed by atoms with Gasteiger partial charge in [-0.15, -0.1) is 11.3 Å². The Morgan fingerprint density at radius 1 is 1.40 bits per heavy atom. The van der Waals surface area contributed by atoms with Gasteiger partial charge in [0, 0.05) is 22.9 Å². The van der Waals surface area contributed by atoms with E-state index in [-0.39, 0.29) is 23.2 Å². The zero-order valence-electron chi connectivity index (χ0n) is 11.5. The van der Waals surface area contributed by atoms with Gasteiger partial charge in [-0.3, -0.25) is 14.9 Å². The van der Waals surface area contributed by atoms with Crippen LogP contribution in [-0.4, -0.2) is 14.5 Å². The Hall–Kier alpha value is -2.02. The maximum absolute atomic E-state index is 11.7. The Bertz CT molecular complexity index is 697. The lowest BCUT2D eigenvalue weighted by atomic mass is 9.98. The molecule has 0 bridgehead atoms. The smallest absolute Gasteiger partial charge is 0.285 e. The third-order valence-corrected chi connectivity index (χ3v) is 4.02. The second-order valence-electron chi connectivity index (χ2n) is 5.50. The van der Waals surface area contributed by atoms with Gasteiger partial charge in [-0.25, -0.2) is 4.98 Å². The Morgan fingerprint density at radius 3 is 2.65 bits per heavy atom. The Balaban J connectivity index is 2.30. The van der Waals surface area contributed by atoms with Crippen molar-refractivity contribution in [2.45, 2.75) is 32.7 Å². The van der Waals surface area contributed by atoms with Crippen molar-refractivity contribution < 1.29 is 4.92 Å². The maximum atomic E-state index is 11.7. The molecule has 0 fully saturated rings. The summed E-state index contributed by atoms with van der Waals surface area (Å²) in [5.41, 5.74) is 0.315. The normalized spacial score (nSPS) is 11.6. The summed E-state index contributed by atoms with van der Waals surface area (Å²) >= 11 is 1.53. The number of rotatable bonds is 3. The van der Waals surface area contributed by atoms with E-state index in [4.69, 9.17) is 0 Å². The Labute approximate surface area is 119 Å². The van der Waals surface area contributed by atoms with Gasteiger partial charge in [0.05, 0.1) is 28.4 Å². The molecule has 2 rings (SSSR count). The summed E-state index contributed by atoms with van der Waals surface area (Å²) < 4.78 is 1.31. The van der Waals surface area contributed by atoms with Crippen molar-refractivity contribution >= 4 is 17.0 Å². The van der Waals surface area contributed by atoms with Crippen molar-refractivity contribution in [3.63, 3.8) is 0 Å². The van der Waals surface area contributed by atoms with E-state index in [1.165, 1.54) is 34.2 Å². The monoisotopic (exact) mass is 293 g/mol. The highest BCUT2D eigenvalue weighted by Gasteiger charge is 2.18. The van der Waals surface area contributed by atoms with Crippen LogP contribution in [0.5, 0.6) is 0 Å². The van der Waals surface area contributed by atoms with Gasteiger partial charge in [0.1, 0.15) is 0 Å². The van der Waals surface area contributed by atoms with Crippen LogP contribution in [0.1, 0.15) is 31.5 Å². The standard InChI is InChI=1S/C13H15N3O3S/c1-13(2,3)12-14-9(8-20-12)6-15-7-10(16(18)19)4-5-11(15)17/h4-5,7-8H,6H2,1-3H3. The van der Waals surface area contributed by atoms with Crippen LogP contribution < -0.4 is 5.56 Å². The minimum Gasteiger partial charge on any atom is -0.303 e. The SMILES string of the molecule is CC(C)(C)c1nc(Cn2cc([N+](=O)[O-])ccc2=O)cs1. The van der Waals surface area contributed by atoms with Gasteiger partial charge < -0.3 is 4.57 Å². The minimum atomic E-state index is -0.516. The van der Waals surface area contributed by atoms with E-state index in [1.807, 2.05) is 5.38 Å². The van der Waals surface area contributed by atoms with Crippen LogP contribution in [0.2, 0.25) is 0 Å². The summed E-state index contributed by atoms with van der Waals surface area (Å²) in [6.07, 6.45) is 1.25. The number of pyridine rings is 1. The van der Waals surface area contributed by atoms with Gasteiger partial charge in [-0.1, -0.05) is 20.8 Å². The molecule has 0 aliphatic rings. The van der Waals surface area contributed by atoms with E-state index >= 15 is 0 Å². The van der Waals surface area contributed by atoms with Crippen LogP contribution in [0.3, 0.4) is 0 Å². The van der Waals surface area contributed by atoms with Gasteiger partial charge in [-0.2, -0.15) is 0 Å². The largest absolute Gasteiger partial charge is 0.303 e. The lowest BCUT2D eigenvalue weighted by molar-refractivity contribution is -0.385. The highest BCUT2D eigenvalue weighted by Crippen LogP contribution is 2.25. The second-order valence-corrected chi connectivity index (χ2v) is 6.36. The minimum absolute atomic E-state index is 0.0451. The van der Waals surface area contributed by atoms with Crippen molar-refractivity contribution in [1.82, 2.24) is 9.55 Å². The van der Waals surface area contributed by atoms with E-state index in [0.717, 1.165) is 10.7 Å². The molecule has 0 spiro atoms. The molecule has 2 aromatic heterocycles. The highest BCUT2D eigenvalue weighted by molar-refractivity contribution is 7.09. The third kappa shape index (κ3) is 3.11. The van der Waals surface area contributed by atoms with E-state index in [2.05, 4.69) is 25.8 Å². The first kappa shape index (κ1) is 14.4. The molecule has 106 valence electrons. The maximum Gasteiger partial charge on any atom is 0.285 e. The van der Waals surface area contributed by atoms with Gasteiger partial charge in [0.15, 0.2) is 0 Å². The molecule has 0 saturated heterocycles. The summed E-state index contributed by atoms with van der Waals surface area (Å²) in [5.74, 6) is 0. The zero-order valence-corrected chi connectivity index (χ0v) is 12.3. The van der Waals surface area contributed by atoms with Gasteiger partial charge in [0.25, 0.3) is 11.2 Å². The number of nitrogens with zero attached hydrogens (tertiary/aromatic N) is 3. The van der Waals surface area contributed by atoms with Crippen molar-refractivity contribution in [1.29, 1.82) is 0 Å². The van der Waals surface area contributed by atoms with Crippen LogP contribution >= 0.6 is 11.3 Å². The molecule has 0 N–H and O–H groups in total. The van der Waals surface area contributed by atoms with Crippen LogP contribution in [0.15, 0.2) is 28.5 Å². The van der Waals surface area contributed by atoms with Gasteiger partial charge >= 0.3 is 0 Å². The molecule has 2 heterocycles. The molecular formula is C13H15N3O3S. The molecule has 6 nitrogen and oxygen atoms in total. The fourth-order valence-corrected chi connectivity index (χ4v) is 2.55. The zero-order chi connectivity index (χ0) is 14.9. The lowest BCUT2D eigenvalue weighted by Crippen LogP contribution is -2.20. The Morgan fingerprint density at radius 2 is 2.10 bits per heavy atom. The predicted molar refractivity (Wildman–Crippen MR) is 77.3 cm³/mol. The number of nitro groups is 1. The molecule has 0 unspecified atom stereocenters. The van der Waals surface area contributed by atoms with Crippen molar-refractivity contribution in [3.05, 3.63) is 54.9 Å². The van der Waals surface area contributed by atoms with E-state index < -0.39 is 4.92 Å². The van der Waals surface area contributed by atoms with E-state index in [0.29, 0.717) is 0 Å². The van der Waals surface area contributed by atoms with Crippen LogP contribution in [0, 0.1) is 10.1 Å². The molecule has 0 amide bonds. The summed E-state index contributed by atoms with van der Waals surface area (Å²) in [6, 6.07) is 2.41. The molecule has 0 radical (unpaired) electrons. The first-order chi connectivity index (χ1) is 9.27. The molecule has 0 atom stereocenters. The molecule has 0 saturated carbocycles. The highest BCUT2D eigenvalue weighted by atomic mass is 32.1. The first-order valence-electron chi connectivity index (χ1n) is 6.07. The molecule has 0 aliphatic carbocycles. The predicted octanol–water partition coefficient (Wildman–Crippen LogP) is 2.56. The summed E-state index contributed by atoms with van der Waals surface area (Å²) in [4.78, 5) is 26.4. The first-order valence-corrected chi connectivity index (χ1v) is 6.95. The topological polar surface area (TPSA) is 78.0 Å².